The van der Waals surface area contributed by atoms with Gasteiger partial charge in [0.05, 0.1) is 38.8 Å². The fourth-order valence-electron chi connectivity index (χ4n) is 10.6. The maximum atomic E-state index is 2.50. The number of thiophene rings is 1. The lowest BCUT2D eigenvalue weighted by Crippen LogP contribution is -1.97. The second kappa shape index (κ2) is 13.7. The minimum Gasteiger partial charge on any atom is -0.309 e. The van der Waals surface area contributed by atoms with Gasteiger partial charge in [-0.2, -0.15) is 0 Å². The summed E-state index contributed by atoms with van der Waals surface area (Å²) >= 11 is 1.89. The van der Waals surface area contributed by atoms with Crippen LogP contribution in [0.5, 0.6) is 0 Å². The van der Waals surface area contributed by atoms with Crippen molar-refractivity contribution in [3.8, 4) is 39.3 Å². The van der Waals surface area contributed by atoms with E-state index in [0.717, 1.165) is 11.4 Å². The summed E-state index contributed by atoms with van der Waals surface area (Å²) in [7, 11) is 0. The van der Waals surface area contributed by atoms with E-state index in [1.165, 1.54) is 114 Å². The molecule has 0 N–H and O–H groups in total. The van der Waals surface area contributed by atoms with Crippen LogP contribution in [0.25, 0.3) is 125 Å². The molecule has 4 heteroatoms. The largest absolute Gasteiger partial charge is 0.309 e. The molecule has 0 amide bonds. The quantitative estimate of drug-likeness (QED) is 0.164. The fourth-order valence-corrected chi connectivity index (χ4v) is 11.9. The summed E-state index contributed by atoms with van der Waals surface area (Å²) in [6, 6.07) is 82.6. The first-order valence-electron chi connectivity index (χ1n) is 21.9. The Morgan fingerprint density at radius 3 is 1.28 bits per heavy atom. The molecular weight excluding hydrogens is 795 g/mol. The Balaban J connectivity index is 0.961. The third kappa shape index (κ3) is 5.09. The summed E-state index contributed by atoms with van der Waals surface area (Å²) in [5.74, 6) is 0. The first-order chi connectivity index (χ1) is 31.8. The van der Waals surface area contributed by atoms with Crippen LogP contribution in [0.15, 0.2) is 224 Å². The monoisotopic (exact) mass is 831 g/mol. The van der Waals surface area contributed by atoms with Crippen molar-refractivity contribution in [2.24, 2.45) is 0 Å². The lowest BCUT2D eigenvalue weighted by atomic mass is 9.98. The Bertz CT molecular complexity index is 4130. The standard InChI is InChI=1S/C60H37N3S/c1-2-14-38(15-3-1)39-26-28-40(29-27-39)43-32-35-57(59-48-20-8-13-25-58(48)64-60(43)59)63-54-24-12-7-19-47(54)50-37-42(31-34-56(50)63)62-53-23-11-6-18-46(53)49-36-41(30-33-55(49)62)61-51-21-9-4-16-44(51)45-17-5-10-22-52(45)61/h1-37H. The second-order valence-electron chi connectivity index (χ2n) is 16.9. The Morgan fingerprint density at radius 2 is 0.703 bits per heavy atom. The number of hydrogen-bond donors (Lipinski definition) is 0. The highest BCUT2D eigenvalue weighted by Gasteiger charge is 2.22. The molecule has 4 aromatic heterocycles. The van der Waals surface area contributed by atoms with Crippen LogP contribution in [0, 0.1) is 0 Å². The van der Waals surface area contributed by atoms with E-state index in [-0.39, 0.29) is 0 Å². The summed E-state index contributed by atoms with van der Waals surface area (Å²) in [5, 5.41) is 10.1. The van der Waals surface area contributed by atoms with Crippen molar-refractivity contribution in [2.45, 2.75) is 0 Å². The normalized spacial score (nSPS) is 12.1. The Labute approximate surface area is 372 Å². The molecule has 3 nitrogen and oxygen atoms in total. The van der Waals surface area contributed by atoms with Gasteiger partial charge in [-0.15, -0.1) is 11.3 Å². The van der Waals surface area contributed by atoms with E-state index in [9.17, 15) is 0 Å². The van der Waals surface area contributed by atoms with Crippen LogP contribution >= 0.6 is 11.3 Å². The van der Waals surface area contributed by atoms with Gasteiger partial charge in [0.15, 0.2) is 0 Å². The molecule has 0 aliphatic carbocycles. The lowest BCUT2D eigenvalue weighted by molar-refractivity contribution is 1.16. The van der Waals surface area contributed by atoms with Crippen molar-refractivity contribution in [3.63, 3.8) is 0 Å². The van der Waals surface area contributed by atoms with Crippen LogP contribution in [0.1, 0.15) is 0 Å². The molecule has 0 spiro atoms. The van der Waals surface area contributed by atoms with Crippen LogP contribution < -0.4 is 0 Å². The number of fused-ring (bicyclic) bond motifs is 12. The molecule has 298 valence electrons. The molecule has 10 aromatic carbocycles. The SMILES string of the molecule is c1ccc(-c2ccc(-c3ccc(-n4c5ccccc5c5cc(-n6c7ccccc7c7cc(-n8c9ccccc9c9ccccc98)ccc76)ccc54)c4c3sc3ccccc34)cc2)cc1. The molecule has 0 radical (unpaired) electrons. The van der Waals surface area contributed by atoms with Crippen LogP contribution in [0.4, 0.5) is 0 Å². The van der Waals surface area contributed by atoms with Crippen molar-refractivity contribution >= 4 is 96.9 Å². The first-order valence-corrected chi connectivity index (χ1v) is 22.7. The topological polar surface area (TPSA) is 14.8 Å². The molecule has 0 saturated heterocycles. The average Bonchev–Trinajstić information content (AvgIpc) is 4.11. The van der Waals surface area contributed by atoms with Gasteiger partial charge >= 0.3 is 0 Å². The number of rotatable bonds is 5. The predicted octanol–water partition coefficient (Wildman–Crippen LogP) is 16.7. The van der Waals surface area contributed by atoms with Crippen LogP contribution in [-0.2, 0) is 0 Å². The average molecular weight is 832 g/mol. The van der Waals surface area contributed by atoms with Gasteiger partial charge in [0, 0.05) is 63.9 Å². The molecule has 0 atom stereocenters. The number of nitrogens with zero attached hydrogens (tertiary/aromatic N) is 3. The zero-order valence-electron chi connectivity index (χ0n) is 34.6. The van der Waals surface area contributed by atoms with Gasteiger partial charge in [-0.05, 0) is 95.1 Å². The first kappa shape index (κ1) is 35.4. The van der Waals surface area contributed by atoms with E-state index in [4.69, 9.17) is 0 Å². The molecule has 4 heterocycles. The number of para-hydroxylation sites is 4. The highest BCUT2D eigenvalue weighted by atomic mass is 32.1. The Hall–Kier alpha value is -8.18. The molecule has 0 bridgehead atoms. The van der Waals surface area contributed by atoms with E-state index in [0.29, 0.717) is 0 Å². The zero-order valence-corrected chi connectivity index (χ0v) is 35.4. The molecule has 0 aliphatic rings. The van der Waals surface area contributed by atoms with Crippen molar-refractivity contribution in [2.75, 3.05) is 0 Å². The summed E-state index contributed by atoms with van der Waals surface area (Å²) in [4.78, 5) is 0. The van der Waals surface area contributed by atoms with Gasteiger partial charge in [-0.25, -0.2) is 0 Å². The van der Waals surface area contributed by atoms with E-state index in [1.807, 2.05) is 11.3 Å². The molecule has 0 aliphatic heterocycles. The highest BCUT2D eigenvalue weighted by Crippen LogP contribution is 2.46. The zero-order chi connectivity index (χ0) is 41.9. The van der Waals surface area contributed by atoms with E-state index in [1.54, 1.807) is 0 Å². The summed E-state index contributed by atoms with van der Waals surface area (Å²) in [6.45, 7) is 0. The summed E-state index contributed by atoms with van der Waals surface area (Å²) in [6.07, 6.45) is 0. The number of aromatic nitrogens is 3. The minimum atomic E-state index is 1.15. The highest BCUT2D eigenvalue weighted by molar-refractivity contribution is 7.26. The van der Waals surface area contributed by atoms with Crippen molar-refractivity contribution in [1.82, 2.24) is 13.7 Å². The maximum Gasteiger partial charge on any atom is 0.0555 e. The van der Waals surface area contributed by atoms with E-state index in [2.05, 4.69) is 238 Å². The van der Waals surface area contributed by atoms with E-state index >= 15 is 0 Å². The fraction of sp³-hybridized carbons (Fsp3) is 0. The van der Waals surface area contributed by atoms with Gasteiger partial charge < -0.3 is 13.7 Å². The molecule has 64 heavy (non-hydrogen) atoms. The number of benzene rings is 10. The van der Waals surface area contributed by atoms with Gasteiger partial charge in [-0.3, -0.25) is 0 Å². The van der Waals surface area contributed by atoms with Crippen molar-refractivity contribution < 1.29 is 0 Å². The molecule has 0 unspecified atom stereocenters. The van der Waals surface area contributed by atoms with Gasteiger partial charge in [0.25, 0.3) is 0 Å². The third-order valence-corrected chi connectivity index (χ3v) is 14.7. The second-order valence-corrected chi connectivity index (χ2v) is 17.9. The van der Waals surface area contributed by atoms with Gasteiger partial charge in [0.2, 0.25) is 0 Å². The number of hydrogen-bond acceptors (Lipinski definition) is 1. The van der Waals surface area contributed by atoms with Crippen molar-refractivity contribution in [3.05, 3.63) is 224 Å². The third-order valence-electron chi connectivity index (χ3n) is 13.5. The Morgan fingerprint density at radius 1 is 0.281 bits per heavy atom. The van der Waals surface area contributed by atoms with Gasteiger partial charge in [-0.1, -0.05) is 152 Å². The lowest BCUT2D eigenvalue weighted by Gasteiger charge is -2.14. The summed E-state index contributed by atoms with van der Waals surface area (Å²) in [5.41, 5.74) is 15.6. The van der Waals surface area contributed by atoms with Crippen LogP contribution in [0.2, 0.25) is 0 Å². The molecule has 14 aromatic rings. The molecule has 14 rings (SSSR count). The predicted molar refractivity (Wildman–Crippen MR) is 273 cm³/mol. The minimum absolute atomic E-state index is 1.15. The van der Waals surface area contributed by atoms with Gasteiger partial charge in [0.1, 0.15) is 0 Å². The Kier molecular flexibility index (Phi) is 7.56. The molecule has 0 fully saturated rings. The van der Waals surface area contributed by atoms with Crippen LogP contribution in [0.3, 0.4) is 0 Å². The maximum absolute atomic E-state index is 2.50. The van der Waals surface area contributed by atoms with Crippen LogP contribution in [-0.4, -0.2) is 13.7 Å². The molecule has 0 saturated carbocycles. The smallest absolute Gasteiger partial charge is 0.0555 e. The van der Waals surface area contributed by atoms with E-state index < -0.39 is 0 Å². The van der Waals surface area contributed by atoms with Crippen molar-refractivity contribution in [1.29, 1.82) is 0 Å². The summed E-state index contributed by atoms with van der Waals surface area (Å²) < 4.78 is 9.97. The molecular formula is C60H37N3S.